The van der Waals surface area contributed by atoms with Crippen LogP contribution >= 0.6 is 11.6 Å². The normalized spacial score (nSPS) is 9.78. The quantitative estimate of drug-likeness (QED) is 0.773. The van der Waals surface area contributed by atoms with Crippen molar-refractivity contribution in [2.45, 2.75) is 6.42 Å². The van der Waals surface area contributed by atoms with Crippen LogP contribution in [0.5, 0.6) is 0 Å². The number of nitroso groups, excluding NO2 is 1. The molecule has 2 aromatic carbocycles. The van der Waals surface area contributed by atoms with Gasteiger partial charge in [-0.25, -0.2) is 0 Å². The van der Waals surface area contributed by atoms with Crippen molar-refractivity contribution in [2.24, 2.45) is 5.18 Å². The summed E-state index contributed by atoms with van der Waals surface area (Å²) in [6.07, 6.45) is 0.464. The number of hydrogen-bond acceptors (Lipinski definition) is 3. The van der Waals surface area contributed by atoms with Crippen molar-refractivity contribution in [3.05, 3.63) is 69.1 Å². The Hall–Kier alpha value is -2.18. The molecule has 18 heavy (non-hydrogen) atoms. The second-order valence-electron chi connectivity index (χ2n) is 3.81. The van der Waals surface area contributed by atoms with E-state index < -0.39 is 0 Å². The first-order chi connectivity index (χ1) is 8.74. The predicted molar refractivity (Wildman–Crippen MR) is 70.9 cm³/mol. The molecule has 0 unspecified atom stereocenters. The summed E-state index contributed by atoms with van der Waals surface area (Å²) in [7, 11) is 0. The molecule has 4 heteroatoms. The molecule has 2 aromatic rings. The second kappa shape index (κ2) is 5.44. The van der Waals surface area contributed by atoms with Crippen LogP contribution < -0.4 is 0 Å². The lowest BCUT2D eigenvalue weighted by Crippen LogP contribution is -1.92. The monoisotopic (exact) mass is 256 g/mol. The van der Waals surface area contributed by atoms with Gasteiger partial charge < -0.3 is 0 Å². The summed E-state index contributed by atoms with van der Waals surface area (Å²) in [5.74, 6) is 0. The molecule has 0 radical (unpaired) electrons. The summed E-state index contributed by atoms with van der Waals surface area (Å²) in [6.45, 7) is 0. The van der Waals surface area contributed by atoms with Gasteiger partial charge in [0, 0.05) is 11.4 Å². The number of nitrogens with zero attached hydrogens (tertiary/aromatic N) is 2. The summed E-state index contributed by atoms with van der Waals surface area (Å²) < 4.78 is 0. The largest absolute Gasteiger partial charge is 0.192 e. The Balaban J connectivity index is 2.43. The highest BCUT2D eigenvalue weighted by molar-refractivity contribution is 6.30. The molecule has 0 saturated carbocycles. The zero-order valence-electron chi connectivity index (χ0n) is 9.43. The number of halogens is 1. The molecular formula is C14H9ClN2O. The average molecular weight is 257 g/mol. The summed E-state index contributed by atoms with van der Waals surface area (Å²) in [6, 6.07) is 14.3. The Labute approximate surface area is 110 Å². The first-order valence-corrected chi connectivity index (χ1v) is 5.72. The molecule has 3 nitrogen and oxygen atoms in total. The molecule has 0 aliphatic heterocycles. The van der Waals surface area contributed by atoms with Crippen LogP contribution in [0.2, 0.25) is 5.02 Å². The van der Waals surface area contributed by atoms with E-state index in [1.807, 2.05) is 12.1 Å². The molecule has 0 atom stereocenters. The zero-order valence-corrected chi connectivity index (χ0v) is 10.2. The van der Waals surface area contributed by atoms with Crippen LogP contribution in [0.3, 0.4) is 0 Å². The molecule has 0 heterocycles. The summed E-state index contributed by atoms with van der Waals surface area (Å²) >= 11 is 5.90. The fraction of sp³-hybridized carbons (Fsp3) is 0.0714. The van der Waals surface area contributed by atoms with Gasteiger partial charge in [0.2, 0.25) is 0 Å². The molecular weight excluding hydrogens is 248 g/mol. The smallest absolute Gasteiger partial charge is 0.111 e. The van der Waals surface area contributed by atoms with Gasteiger partial charge in [0.25, 0.3) is 0 Å². The SMILES string of the molecule is N#Cc1ccccc1Cc1cc(Cl)ccc1N=O. The van der Waals surface area contributed by atoms with Crippen molar-refractivity contribution < 1.29 is 0 Å². The van der Waals surface area contributed by atoms with Gasteiger partial charge in [-0.1, -0.05) is 29.8 Å². The van der Waals surface area contributed by atoms with Gasteiger partial charge in [-0.3, -0.25) is 0 Å². The molecule has 0 aromatic heterocycles. The van der Waals surface area contributed by atoms with Crippen molar-refractivity contribution in [1.29, 1.82) is 5.26 Å². The van der Waals surface area contributed by atoms with Gasteiger partial charge >= 0.3 is 0 Å². The summed E-state index contributed by atoms with van der Waals surface area (Å²) in [5, 5.41) is 12.5. The van der Waals surface area contributed by atoms with E-state index in [2.05, 4.69) is 11.2 Å². The van der Waals surface area contributed by atoms with Crippen molar-refractivity contribution in [3.63, 3.8) is 0 Å². The molecule has 0 spiro atoms. The third-order valence-corrected chi connectivity index (χ3v) is 2.89. The first-order valence-electron chi connectivity index (χ1n) is 5.34. The second-order valence-corrected chi connectivity index (χ2v) is 4.25. The standard InChI is InChI=1S/C14H9ClN2O/c15-13-5-6-14(17-18)12(8-13)7-10-3-1-2-4-11(10)9-16/h1-6,8H,7H2. The van der Waals surface area contributed by atoms with Crippen molar-refractivity contribution in [2.75, 3.05) is 0 Å². The Morgan fingerprint density at radius 3 is 2.67 bits per heavy atom. The zero-order chi connectivity index (χ0) is 13.0. The van der Waals surface area contributed by atoms with Crippen LogP contribution in [-0.4, -0.2) is 0 Å². The lowest BCUT2D eigenvalue weighted by atomic mass is 9.99. The van der Waals surface area contributed by atoms with E-state index in [9.17, 15) is 4.91 Å². The molecule has 0 saturated heterocycles. The minimum absolute atomic E-state index is 0.354. The van der Waals surface area contributed by atoms with Crippen molar-refractivity contribution >= 4 is 17.3 Å². The van der Waals surface area contributed by atoms with Gasteiger partial charge in [-0.2, -0.15) is 5.26 Å². The van der Waals surface area contributed by atoms with E-state index in [4.69, 9.17) is 16.9 Å². The molecule has 0 aliphatic carbocycles. The van der Waals surface area contributed by atoms with Gasteiger partial charge in [0.15, 0.2) is 0 Å². The highest BCUT2D eigenvalue weighted by Gasteiger charge is 2.08. The molecule has 2 rings (SSSR count). The number of benzene rings is 2. The molecule has 0 fully saturated rings. The van der Waals surface area contributed by atoms with Crippen LogP contribution in [0.25, 0.3) is 0 Å². The van der Waals surface area contributed by atoms with Gasteiger partial charge in [0.1, 0.15) is 5.69 Å². The number of hydrogen-bond donors (Lipinski definition) is 0. The highest BCUT2D eigenvalue weighted by Crippen LogP contribution is 2.26. The van der Waals surface area contributed by atoms with E-state index >= 15 is 0 Å². The average Bonchev–Trinajstić information content (AvgIpc) is 2.40. The van der Waals surface area contributed by atoms with Crippen LogP contribution in [0, 0.1) is 16.2 Å². The van der Waals surface area contributed by atoms with Crippen LogP contribution in [0.4, 0.5) is 5.69 Å². The molecule has 88 valence electrons. The van der Waals surface area contributed by atoms with E-state index in [-0.39, 0.29) is 0 Å². The Kier molecular flexibility index (Phi) is 3.71. The summed E-state index contributed by atoms with van der Waals surface area (Å²) in [4.78, 5) is 10.7. The maximum atomic E-state index is 10.7. The highest BCUT2D eigenvalue weighted by atomic mass is 35.5. The Morgan fingerprint density at radius 1 is 1.17 bits per heavy atom. The third-order valence-electron chi connectivity index (χ3n) is 2.66. The van der Waals surface area contributed by atoms with Gasteiger partial charge in [-0.15, -0.1) is 4.91 Å². The van der Waals surface area contributed by atoms with E-state index in [1.54, 1.807) is 30.3 Å². The minimum Gasteiger partial charge on any atom is -0.192 e. The maximum Gasteiger partial charge on any atom is 0.111 e. The van der Waals surface area contributed by atoms with Gasteiger partial charge in [-0.05, 0) is 40.6 Å². The molecule has 0 amide bonds. The van der Waals surface area contributed by atoms with Crippen LogP contribution in [-0.2, 0) is 6.42 Å². The van der Waals surface area contributed by atoms with Gasteiger partial charge in [0.05, 0.1) is 11.6 Å². The first kappa shape index (κ1) is 12.3. The molecule has 0 aliphatic rings. The Bertz CT molecular complexity index is 632. The predicted octanol–water partition coefficient (Wildman–Crippen LogP) is 4.20. The van der Waals surface area contributed by atoms with Crippen LogP contribution in [0.1, 0.15) is 16.7 Å². The van der Waals surface area contributed by atoms with E-state index in [1.165, 1.54) is 0 Å². The Morgan fingerprint density at radius 2 is 1.94 bits per heavy atom. The molecule has 0 bridgehead atoms. The van der Waals surface area contributed by atoms with E-state index in [0.29, 0.717) is 22.7 Å². The van der Waals surface area contributed by atoms with E-state index in [0.717, 1.165) is 11.1 Å². The minimum atomic E-state index is 0.354. The van der Waals surface area contributed by atoms with Crippen molar-refractivity contribution in [3.8, 4) is 6.07 Å². The van der Waals surface area contributed by atoms with Crippen molar-refractivity contribution in [1.82, 2.24) is 0 Å². The van der Waals surface area contributed by atoms with Crippen LogP contribution in [0.15, 0.2) is 47.6 Å². The fourth-order valence-electron chi connectivity index (χ4n) is 1.77. The molecule has 0 N–H and O–H groups in total. The third kappa shape index (κ3) is 2.55. The topological polar surface area (TPSA) is 53.2 Å². The number of nitriles is 1. The maximum absolute atomic E-state index is 10.7. The fourth-order valence-corrected chi connectivity index (χ4v) is 1.97. The lowest BCUT2D eigenvalue weighted by molar-refractivity contribution is 1.17. The number of rotatable bonds is 3. The lowest BCUT2D eigenvalue weighted by Gasteiger charge is -2.06. The summed E-state index contributed by atoms with van der Waals surface area (Å²) in [5.41, 5.74) is 2.52.